The Hall–Kier alpha value is -3.72. The van der Waals surface area contributed by atoms with Crippen LogP contribution in [0.1, 0.15) is 22.3 Å². The van der Waals surface area contributed by atoms with E-state index in [2.05, 4.69) is 22.0 Å². The zero-order valence-electron chi connectivity index (χ0n) is 20.2. The number of benzene rings is 1. The third-order valence-corrected chi connectivity index (χ3v) is 5.59. The van der Waals surface area contributed by atoms with Gasteiger partial charge in [-0.1, -0.05) is 30.3 Å². The van der Waals surface area contributed by atoms with Gasteiger partial charge in [0.05, 0.1) is 18.3 Å². The summed E-state index contributed by atoms with van der Waals surface area (Å²) in [7, 11) is 0. The fourth-order valence-electron chi connectivity index (χ4n) is 3.76. The second-order valence-corrected chi connectivity index (χ2v) is 8.40. The maximum absolute atomic E-state index is 12.6. The first kappa shape index (κ1) is 31.5. The molecule has 1 amide bonds. The minimum Gasteiger partial charge on any atom is -0.475 e. The molecule has 4 rings (SSSR count). The molecule has 3 heterocycles. The Kier molecular flexibility index (Phi) is 11.2. The zero-order chi connectivity index (χ0) is 29.2. The molecule has 2 atom stereocenters. The third kappa shape index (κ3) is 10.5. The van der Waals surface area contributed by atoms with Gasteiger partial charge in [-0.05, 0) is 24.1 Å². The van der Waals surface area contributed by atoms with Crippen LogP contribution in [-0.2, 0) is 20.9 Å². The highest BCUT2D eigenvalue weighted by Crippen LogP contribution is 2.25. The summed E-state index contributed by atoms with van der Waals surface area (Å²) in [6.07, 6.45) is -5.59. The molecule has 0 unspecified atom stereocenters. The number of hydrogen-bond acceptors (Lipinski definition) is 6. The highest BCUT2D eigenvalue weighted by Gasteiger charge is 2.39. The van der Waals surface area contributed by atoms with E-state index in [0.717, 1.165) is 32.6 Å². The zero-order valence-corrected chi connectivity index (χ0v) is 20.2. The molecule has 1 aromatic heterocycles. The molecule has 0 radical (unpaired) electrons. The van der Waals surface area contributed by atoms with E-state index < -0.39 is 24.3 Å². The molecule has 0 saturated carbocycles. The summed E-state index contributed by atoms with van der Waals surface area (Å²) >= 11 is 0. The predicted molar refractivity (Wildman–Crippen MR) is 123 cm³/mol. The van der Waals surface area contributed by atoms with Crippen molar-refractivity contribution in [3.05, 3.63) is 66.0 Å². The number of aliphatic carboxylic acids is 2. The number of aromatic nitrogens is 1. The number of alkyl halides is 6. The number of fused-ring (bicyclic) bond motifs is 1. The molecule has 2 N–H and O–H groups in total. The largest absolute Gasteiger partial charge is 0.490 e. The van der Waals surface area contributed by atoms with E-state index in [-0.39, 0.29) is 12.0 Å². The van der Waals surface area contributed by atoms with Gasteiger partial charge in [-0.3, -0.25) is 14.7 Å². The number of rotatable bonds is 4. The first-order chi connectivity index (χ1) is 18.2. The SMILES string of the molecule is O=C(O)C(F)(F)F.O=C(O)C(F)(F)F.O=C(c1cccnc1)N1CCN2C[C@H](OCc3ccccc3)C[C@H]2C1. The molecular weight excluding hydrogens is 540 g/mol. The second-order valence-electron chi connectivity index (χ2n) is 8.40. The molecule has 2 fully saturated rings. The van der Waals surface area contributed by atoms with E-state index in [0.29, 0.717) is 18.2 Å². The van der Waals surface area contributed by atoms with Crippen molar-refractivity contribution in [1.82, 2.24) is 14.8 Å². The van der Waals surface area contributed by atoms with Gasteiger partial charge in [0.2, 0.25) is 0 Å². The monoisotopic (exact) mass is 565 g/mol. The quantitative estimate of drug-likeness (QED) is 0.541. The van der Waals surface area contributed by atoms with Gasteiger partial charge in [0.1, 0.15) is 0 Å². The van der Waals surface area contributed by atoms with Crippen molar-refractivity contribution in [3.8, 4) is 0 Å². The van der Waals surface area contributed by atoms with E-state index in [1.165, 1.54) is 5.56 Å². The number of carbonyl (C=O) groups excluding carboxylic acids is 1. The maximum Gasteiger partial charge on any atom is 0.490 e. The summed E-state index contributed by atoms with van der Waals surface area (Å²) in [6.45, 7) is 4.09. The van der Waals surface area contributed by atoms with E-state index in [1.54, 1.807) is 12.4 Å². The summed E-state index contributed by atoms with van der Waals surface area (Å²) in [5.74, 6) is -5.43. The number of pyridine rings is 1. The van der Waals surface area contributed by atoms with Crippen molar-refractivity contribution < 1.29 is 55.7 Å². The second kappa shape index (κ2) is 13.9. The lowest BCUT2D eigenvalue weighted by molar-refractivity contribution is -0.193. The smallest absolute Gasteiger partial charge is 0.475 e. The van der Waals surface area contributed by atoms with Gasteiger partial charge < -0.3 is 19.8 Å². The van der Waals surface area contributed by atoms with Crippen molar-refractivity contribution in [2.24, 2.45) is 0 Å². The lowest BCUT2D eigenvalue weighted by Gasteiger charge is -2.37. The van der Waals surface area contributed by atoms with Gasteiger partial charge in [0.25, 0.3) is 5.91 Å². The molecular formula is C24H25F6N3O6. The average Bonchev–Trinajstić information content (AvgIpc) is 3.30. The van der Waals surface area contributed by atoms with Crippen molar-refractivity contribution >= 4 is 17.8 Å². The fraction of sp³-hybridized carbons (Fsp3) is 0.417. The molecule has 15 heteroatoms. The van der Waals surface area contributed by atoms with Crippen LogP contribution in [0.15, 0.2) is 54.9 Å². The van der Waals surface area contributed by atoms with Crippen LogP contribution in [0.5, 0.6) is 0 Å². The van der Waals surface area contributed by atoms with Gasteiger partial charge in [-0.25, -0.2) is 9.59 Å². The number of halogens is 6. The van der Waals surface area contributed by atoms with Crippen LogP contribution in [0.25, 0.3) is 0 Å². The summed E-state index contributed by atoms with van der Waals surface area (Å²) in [5.41, 5.74) is 1.88. The Morgan fingerprint density at radius 3 is 2.00 bits per heavy atom. The summed E-state index contributed by atoms with van der Waals surface area (Å²) in [5, 5.41) is 14.2. The van der Waals surface area contributed by atoms with Crippen LogP contribution in [0, 0.1) is 0 Å². The highest BCUT2D eigenvalue weighted by atomic mass is 19.4. The Bertz CT molecular complexity index is 1060. The lowest BCUT2D eigenvalue weighted by atomic mass is 10.1. The Morgan fingerprint density at radius 1 is 0.897 bits per heavy atom. The molecule has 0 spiro atoms. The van der Waals surface area contributed by atoms with Crippen LogP contribution in [0.4, 0.5) is 26.3 Å². The Labute approximate surface area is 218 Å². The van der Waals surface area contributed by atoms with Crippen molar-refractivity contribution in [1.29, 1.82) is 0 Å². The molecule has 9 nitrogen and oxygen atoms in total. The van der Waals surface area contributed by atoms with Crippen LogP contribution >= 0.6 is 0 Å². The van der Waals surface area contributed by atoms with E-state index in [1.807, 2.05) is 35.2 Å². The fourth-order valence-corrected chi connectivity index (χ4v) is 3.76. The topological polar surface area (TPSA) is 120 Å². The molecule has 214 valence electrons. The number of ether oxygens (including phenoxy) is 1. The number of nitrogens with zero attached hydrogens (tertiary/aromatic N) is 3. The molecule has 2 aliphatic rings. The standard InChI is InChI=1S/C20H23N3O2.2C2HF3O2/c24-20(17-7-4-8-21-12-17)23-10-9-22-14-19(11-18(22)13-23)25-15-16-5-2-1-3-6-16;2*3-2(4,5)1(6)7/h1-8,12,18-19H,9-11,13-15H2;2*(H,6,7)/t18-,19+;;/m0../s1. The van der Waals surface area contributed by atoms with Crippen LogP contribution in [0.2, 0.25) is 0 Å². The average molecular weight is 565 g/mol. The lowest BCUT2D eigenvalue weighted by Crippen LogP contribution is -2.52. The van der Waals surface area contributed by atoms with Crippen LogP contribution in [-0.4, -0.2) is 93.5 Å². The van der Waals surface area contributed by atoms with E-state index in [9.17, 15) is 31.1 Å². The van der Waals surface area contributed by atoms with Crippen molar-refractivity contribution in [2.45, 2.75) is 37.5 Å². The van der Waals surface area contributed by atoms with Gasteiger partial charge in [-0.2, -0.15) is 26.3 Å². The van der Waals surface area contributed by atoms with Gasteiger partial charge in [-0.15, -0.1) is 0 Å². The highest BCUT2D eigenvalue weighted by molar-refractivity contribution is 5.94. The van der Waals surface area contributed by atoms with Crippen molar-refractivity contribution in [3.63, 3.8) is 0 Å². The van der Waals surface area contributed by atoms with Crippen molar-refractivity contribution in [2.75, 3.05) is 26.2 Å². The number of carbonyl (C=O) groups is 3. The molecule has 0 bridgehead atoms. The van der Waals surface area contributed by atoms with E-state index >= 15 is 0 Å². The number of piperazine rings is 1. The minimum atomic E-state index is -5.08. The minimum absolute atomic E-state index is 0.0846. The van der Waals surface area contributed by atoms with Gasteiger partial charge in [0, 0.05) is 44.6 Å². The molecule has 2 aromatic rings. The maximum atomic E-state index is 12.6. The Balaban J connectivity index is 0.000000317. The van der Waals surface area contributed by atoms with Gasteiger partial charge >= 0.3 is 24.3 Å². The molecule has 2 saturated heterocycles. The first-order valence-corrected chi connectivity index (χ1v) is 11.4. The van der Waals surface area contributed by atoms with Crippen LogP contribution < -0.4 is 0 Å². The molecule has 39 heavy (non-hydrogen) atoms. The number of carboxylic acid groups (broad SMARTS) is 2. The first-order valence-electron chi connectivity index (χ1n) is 11.4. The normalized spacial score (nSPS) is 19.1. The Morgan fingerprint density at radius 2 is 1.49 bits per heavy atom. The number of amides is 1. The molecule has 0 aliphatic carbocycles. The predicted octanol–water partition coefficient (Wildman–Crippen LogP) is 3.46. The van der Waals surface area contributed by atoms with Gasteiger partial charge in [0.15, 0.2) is 0 Å². The number of hydrogen-bond donors (Lipinski definition) is 2. The third-order valence-electron chi connectivity index (χ3n) is 5.59. The molecule has 2 aliphatic heterocycles. The number of carboxylic acids is 2. The summed E-state index contributed by atoms with van der Waals surface area (Å²) < 4.78 is 69.6. The summed E-state index contributed by atoms with van der Waals surface area (Å²) in [4.78, 5) is 38.9. The summed E-state index contributed by atoms with van der Waals surface area (Å²) in [6, 6.07) is 14.3. The van der Waals surface area contributed by atoms with E-state index in [4.69, 9.17) is 24.5 Å². The van der Waals surface area contributed by atoms with Crippen LogP contribution in [0.3, 0.4) is 0 Å². The molecule has 1 aromatic carbocycles.